The van der Waals surface area contributed by atoms with E-state index in [1.165, 1.54) is 42.7 Å². The predicted molar refractivity (Wildman–Crippen MR) is 135 cm³/mol. The van der Waals surface area contributed by atoms with Gasteiger partial charge >= 0.3 is 0 Å². The van der Waals surface area contributed by atoms with Gasteiger partial charge in [0.15, 0.2) is 0 Å². The van der Waals surface area contributed by atoms with Crippen molar-refractivity contribution in [3.05, 3.63) is 65.5 Å². The van der Waals surface area contributed by atoms with Gasteiger partial charge in [-0.15, -0.1) is 0 Å². The van der Waals surface area contributed by atoms with Crippen molar-refractivity contribution in [2.24, 2.45) is 5.92 Å². The Kier molecular flexibility index (Phi) is 8.78. The fourth-order valence-electron chi connectivity index (χ4n) is 5.19. The molecule has 188 valence electrons. The van der Waals surface area contributed by atoms with Gasteiger partial charge in [-0.3, -0.25) is 9.59 Å². The number of likely N-dealkylation sites (tertiary alicyclic amines) is 1. The standard InChI is InChI=1S/C29H37FN2O3/c1-35-25-16-12-21(13-17-25)26-20-23(26)8-4-2-5-9-27(29(34)32-18-6-3-7-19-32)31-28(33)22-10-14-24(30)15-11-22/h10-17,23,26-27H,2-9,18-20H2,1H3,(H,31,33)/t23?,26-,27-/m0/s1. The van der Waals surface area contributed by atoms with Crippen LogP contribution in [0, 0.1) is 11.7 Å². The van der Waals surface area contributed by atoms with Gasteiger partial charge in [-0.1, -0.05) is 31.4 Å². The summed E-state index contributed by atoms with van der Waals surface area (Å²) < 4.78 is 18.5. The van der Waals surface area contributed by atoms with Gasteiger partial charge < -0.3 is 15.0 Å². The number of amides is 2. The molecule has 2 amide bonds. The van der Waals surface area contributed by atoms with Crippen LogP contribution in [0.1, 0.15) is 79.6 Å². The highest BCUT2D eigenvalue weighted by Gasteiger charge is 2.37. The largest absolute Gasteiger partial charge is 0.497 e. The second-order valence-corrected chi connectivity index (χ2v) is 9.93. The molecule has 2 aliphatic rings. The average Bonchev–Trinajstić information content (AvgIpc) is 3.68. The summed E-state index contributed by atoms with van der Waals surface area (Å²) in [7, 11) is 1.69. The molecule has 6 heteroatoms. The minimum Gasteiger partial charge on any atom is -0.497 e. The summed E-state index contributed by atoms with van der Waals surface area (Å²) in [5.41, 5.74) is 1.77. The molecular weight excluding hydrogens is 443 g/mol. The van der Waals surface area contributed by atoms with Crippen molar-refractivity contribution >= 4 is 11.8 Å². The van der Waals surface area contributed by atoms with Crippen LogP contribution in [0.5, 0.6) is 5.75 Å². The summed E-state index contributed by atoms with van der Waals surface area (Å²) in [6.45, 7) is 1.52. The normalized spacial score (nSPS) is 20.2. The van der Waals surface area contributed by atoms with Crippen LogP contribution < -0.4 is 10.1 Å². The molecule has 3 atom stereocenters. The zero-order valence-electron chi connectivity index (χ0n) is 20.7. The van der Waals surface area contributed by atoms with E-state index < -0.39 is 6.04 Å². The van der Waals surface area contributed by atoms with E-state index in [1.54, 1.807) is 7.11 Å². The fraction of sp³-hybridized carbons (Fsp3) is 0.517. The first-order valence-electron chi connectivity index (χ1n) is 13.0. The molecular formula is C29H37FN2O3. The fourth-order valence-corrected chi connectivity index (χ4v) is 5.19. The first kappa shape index (κ1) is 25.2. The molecule has 2 aromatic carbocycles. The van der Waals surface area contributed by atoms with E-state index in [1.807, 2.05) is 17.0 Å². The van der Waals surface area contributed by atoms with E-state index in [2.05, 4.69) is 17.4 Å². The van der Waals surface area contributed by atoms with Crippen LogP contribution in [0.4, 0.5) is 4.39 Å². The number of nitrogens with zero attached hydrogens (tertiary/aromatic N) is 1. The Hall–Kier alpha value is -2.89. The van der Waals surface area contributed by atoms with Crippen LogP contribution in [-0.2, 0) is 4.79 Å². The van der Waals surface area contributed by atoms with Gasteiger partial charge in [0.25, 0.3) is 5.91 Å². The molecule has 1 unspecified atom stereocenters. The Bertz CT molecular complexity index is 970. The van der Waals surface area contributed by atoms with Gasteiger partial charge in [-0.2, -0.15) is 0 Å². The number of hydrogen-bond acceptors (Lipinski definition) is 3. The minimum atomic E-state index is -0.529. The molecule has 4 rings (SSSR count). The Morgan fingerprint density at radius 3 is 2.40 bits per heavy atom. The lowest BCUT2D eigenvalue weighted by Crippen LogP contribution is -2.50. The number of carbonyl (C=O) groups excluding carboxylic acids is 2. The van der Waals surface area contributed by atoms with Gasteiger partial charge in [-0.25, -0.2) is 4.39 Å². The third kappa shape index (κ3) is 7.06. The van der Waals surface area contributed by atoms with E-state index >= 15 is 0 Å². The molecule has 0 spiro atoms. The number of ether oxygens (including phenoxy) is 1. The van der Waals surface area contributed by atoms with Crippen molar-refractivity contribution in [1.29, 1.82) is 0 Å². The van der Waals surface area contributed by atoms with E-state index in [-0.39, 0.29) is 17.6 Å². The van der Waals surface area contributed by atoms with Gasteiger partial charge in [-0.05, 0) is 92.3 Å². The van der Waals surface area contributed by atoms with Crippen LogP contribution >= 0.6 is 0 Å². The van der Waals surface area contributed by atoms with Gasteiger partial charge in [0.05, 0.1) is 7.11 Å². The third-order valence-electron chi connectivity index (χ3n) is 7.41. The monoisotopic (exact) mass is 480 g/mol. The zero-order chi connectivity index (χ0) is 24.6. The summed E-state index contributed by atoms with van der Waals surface area (Å²) in [6, 6.07) is 13.3. The van der Waals surface area contributed by atoms with E-state index in [0.717, 1.165) is 63.3 Å². The van der Waals surface area contributed by atoms with Crippen molar-refractivity contribution in [2.75, 3.05) is 20.2 Å². The number of methoxy groups -OCH3 is 1. The van der Waals surface area contributed by atoms with Crippen LogP contribution in [0.3, 0.4) is 0 Å². The second-order valence-electron chi connectivity index (χ2n) is 9.93. The van der Waals surface area contributed by atoms with Crippen molar-refractivity contribution in [2.45, 2.75) is 69.7 Å². The van der Waals surface area contributed by atoms with E-state index in [9.17, 15) is 14.0 Å². The lowest BCUT2D eigenvalue weighted by atomic mass is 10.0. The quantitative estimate of drug-likeness (QED) is 0.420. The maximum absolute atomic E-state index is 13.2. The molecule has 0 bridgehead atoms. The molecule has 5 nitrogen and oxygen atoms in total. The predicted octanol–water partition coefficient (Wildman–Crippen LogP) is 5.70. The van der Waals surface area contributed by atoms with E-state index in [0.29, 0.717) is 17.9 Å². The summed E-state index contributed by atoms with van der Waals surface area (Å²) in [5, 5.41) is 2.94. The van der Waals surface area contributed by atoms with Crippen molar-refractivity contribution in [3.63, 3.8) is 0 Å². The Morgan fingerprint density at radius 2 is 1.71 bits per heavy atom. The summed E-state index contributed by atoms with van der Waals surface area (Å²) >= 11 is 0. The van der Waals surface area contributed by atoms with Crippen LogP contribution in [-0.4, -0.2) is 43.0 Å². The number of hydrogen-bond donors (Lipinski definition) is 1. The van der Waals surface area contributed by atoms with Crippen LogP contribution in [0.25, 0.3) is 0 Å². The number of piperidine rings is 1. The lowest BCUT2D eigenvalue weighted by molar-refractivity contribution is -0.134. The Labute approximate surface area is 208 Å². The first-order chi connectivity index (χ1) is 17.0. The van der Waals surface area contributed by atoms with Crippen LogP contribution in [0.2, 0.25) is 0 Å². The SMILES string of the molecule is COc1ccc([C@@H]2CC2CCCCC[C@H](NC(=O)c2ccc(F)cc2)C(=O)N2CCCCC2)cc1. The minimum absolute atomic E-state index is 0.0157. The summed E-state index contributed by atoms with van der Waals surface area (Å²) in [6.07, 6.45) is 9.33. The molecule has 1 saturated carbocycles. The Balaban J connectivity index is 1.24. The van der Waals surface area contributed by atoms with E-state index in [4.69, 9.17) is 4.74 Å². The highest BCUT2D eigenvalue weighted by molar-refractivity contribution is 5.97. The van der Waals surface area contributed by atoms with Crippen molar-refractivity contribution in [1.82, 2.24) is 10.2 Å². The van der Waals surface area contributed by atoms with Crippen LogP contribution in [0.15, 0.2) is 48.5 Å². The zero-order valence-corrected chi connectivity index (χ0v) is 20.7. The number of benzene rings is 2. The van der Waals surface area contributed by atoms with Gasteiger partial charge in [0, 0.05) is 18.7 Å². The van der Waals surface area contributed by atoms with Gasteiger partial charge in [0.1, 0.15) is 17.6 Å². The second kappa shape index (κ2) is 12.2. The summed E-state index contributed by atoms with van der Waals surface area (Å²) in [4.78, 5) is 27.8. The first-order valence-corrected chi connectivity index (χ1v) is 13.0. The molecule has 2 fully saturated rings. The Morgan fingerprint density at radius 1 is 1.00 bits per heavy atom. The van der Waals surface area contributed by atoms with Crippen molar-refractivity contribution in [3.8, 4) is 5.75 Å². The molecule has 2 aromatic rings. The molecule has 1 saturated heterocycles. The topological polar surface area (TPSA) is 58.6 Å². The molecule has 35 heavy (non-hydrogen) atoms. The number of unbranched alkanes of at least 4 members (excludes halogenated alkanes) is 2. The number of rotatable bonds is 11. The molecule has 1 aliphatic heterocycles. The highest BCUT2D eigenvalue weighted by Crippen LogP contribution is 2.50. The maximum Gasteiger partial charge on any atom is 0.251 e. The van der Waals surface area contributed by atoms with Gasteiger partial charge in [0.2, 0.25) is 5.91 Å². The average molecular weight is 481 g/mol. The maximum atomic E-state index is 13.2. The number of halogens is 1. The number of nitrogens with one attached hydrogen (secondary N) is 1. The lowest BCUT2D eigenvalue weighted by Gasteiger charge is -2.31. The molecule has 0 aromatic heterocycles. The summed E-state index contributed by atoms with van der Waals surface area (Å²) in [5.74, 6) is 1.61. The highest BCUT2D eigenvalue weighted by atomic mass is 19.1. The van der Waals surface area contributed by atoms with Crippen molar-refractivity contribution < 1.29 is 18.7 Å². The molecule has 1 heterocycles. The third-order valence-corrected chi connectivity index (χ3v) is 7.41. The smallest absolute Gasteiger partial charge is 0.251 e. The molecule has 0 radical (unpaired) electrons. The molecule has 1 N–H and O–H groups in total. The molecule has 1 aliphatic carbocycles. The number of carbonyl (C=O) groups is 2.